The number of fused-ring (bicyclic) bond motifs is 1. The van der Waals surface area contributed by atoms with E-state index in [0.717, 1.165) is 12.8 Å². The Morgan fingerprint density at radius 2 is 2.33 bits per heavy atom. The summed E-state index contributed by atoms with van der Waals surface area (Å²) < 4.78 is 5.62. The van der Waals surface area contributed by atoms with Gasteiger partial charge in [-0.05, 0) is 38.2 Å². The third-order valence-corrected chi connectivity index (χ3v) is 3.33. The van der Waals surface area contributed by atoms with Crippen molar-refractivity contribution in [3.63, 3.8) is 0 Å². The number of epoxide rings is 1. The van der Waals surface area contributed by atoms with Crippen LogP contribution in [0.3, 0.4) is 0 Å². The zero-order valence-electron chi connectivity index (χ0n) is 7.89. The summed E-state index contributed by atoms with van der Waals surface area (Å²) in [6.45, 7) is 12.3. The van der Waals surface area contributed by atoms with Crippen LogP contribution < -0.4 is 0 Å². The van der Waals surface area contributed by atoms with Gasteiger partial charge in [-0.3, -0.25) is 0 Å². The van der Waals surface area contributed by atoms with E-state index < -0.39 is 0 Å². The lowest BCUT2D eigenvalue weighted by Gasteiger charge is -2.24. The quantitative estimate of drug-likeness (QED) is 0.429. The van der Waals surface area contributed by atoms with Gasteiger partial charge in [0.15, 0.2) is 0 Å². The Kier molecular flexibility index (Phi) is 1.50. The second-order valence-electron chi connectivity index (χ2n) is 4.30. The number of ether oxygens (including phenoxy) is 1. The van der Waals surface area contributed by atoms with Crippen LogP contribution >= 0.6 is 0 Å². The molecule has 66 valence electrons. The normalized spacial score (nSPS) is 45.3. The van der Waals surface area contributed by atoms with E-state index >= 15 is 0 Å². The van der Waals surface area contributed by atoms with E-state index in [-0.39, 0.29) is 5.60 Å². The fourth-order valence-electron chi connectivity index (χ4n) is 2.06. The van der Waals surface area contributed by atoms with Crippen LogP contribution in [0.2, 0.25) is 0 Å². The summed E-state index contributed by atoms with van der Waals surface area (Å²) in [6, 6.07) is 0. The van der Waals surface area contributed by atoms with Crippen molar-refractivity contribution in [3.8, 4) is 0 Å². The SMILES string of the molecule is C=C(C)[C@H]1CC(=C)[C@@]2(C)OC2C1. The number of hydrogen-bond donors (Lipinski definition) is 0. The molecular weight excluding hydrogens is 148 g/mol. The molecular formula is C11H16O. The van der Waals surface area contributed by atoms with Gasteiger partial charge < -0.3 is 4.74 Å². The van der Waals surface area contributed by atoms with Crippen molar-refractivity contribution in [2.45, 2.75) is 38.4 Å². The summed E-state index contributed by atoms with van der Waals surface area (Å²) in [6.07, 6.45) is 2.65. The minimum Gasteiger partial charge on any atom is -0.362 e. The average molecular weight is 164 g/mol. The van der Waals surface area contributed by atoms with E-state index in [1.54, 1.807) is 0 Å². The molecule has 0 bridgehead atoms. The largest absolute Gasteiger partial charge is 0.362 e. The van der Waals surface area contributed by atoms with Crippen molar-refractivity contribution in [2.24, 2.45) is 5.92 Å². The molecule has 1 unspecified atom stereocenters. The van der Waals surface area contributed by atoms with Crippen LogP contribution in [-0.2, 0) is 4.74 Å². The van der Waals surface area contributed by atoms with E-state index in [4.69, 9.17) is 4.74 Å². The first kappa shape index (κ1) is 8.06. The maximum atomic E-state index is 5.62. The highest BCUT2D eigenvalue weighted by atomic mass is 16.6. The minimum atomic E-state index is 0.0337. The highest BCUT2D eigenvalue weighted by Gasteiger charge is 2.57. The molecule has 1 saturated heterocycles. The molecule has 1 saturated carbocycles. The first-order chi connectivity index (χ1) is 5.54. The molecule has 0 amide bonds. The Hall–Kier alpha value is -0.560. The van der Waals surface area contributed by atoms with Crippen LogP contribution in [0.1, 0.15) is 26.7 Å². The molecule has 1 heterocycles. The molecule has 2 aliphatic rings. The van der Waals surface area contributed by atoms with E-state index in [1.165, 1.54) is 11.1 Å². The Morgan fingerprint density at radius 3 is 2.83 bits per heavy atom. The van der Waals surface area contributed by atoms with Gasteiger partial charge in [0, 0.05) is 0 Å². The third-order valence-electron chi connectivity index (χ3n) is 3.33. The second kappa shape index (κ2) is 2.23. The Morgan fingerprint density at radius 1 is 1.67 bits per heavy atom. The van der Waals surface area contributed by atoms with Crippen molar-refractivity contribution in [2.75, 3.05) is 0 Å². The summed E-state index contributed by atoms with van der Waals surface area (Å²) in [4.78, 5) is 0. The first-order valence-electron chi connectivity index (χ1n) is 4.55. The van der Waals surface area contributed by atoms with Crippen LogP contribution in [0.5, 0.6) is 0 Å². The van der Waals surface area contributed by atoms with E-state index in [9.17, 15) is 0 Å². The van der Waals surface area contributed by atoms with E-state index in [2.05, 4.69) is 27.0 Å². The first-order valence-corrected chi connectivity index (χ1v) is 4.55. The van der Waals surface area contributed by atoms with Crippen molar-refractivity contribution in [3.05, 3.63) is 24.3 Å². The van der Waals surface area contributed by atoms with Gasteiger partial charge in [0.2, 0.25) is 0 Å². The van der Waals surface area contributed by atoms with Crippen LogP contribution in [0.15, 0.2) is 24.3 Å². The van der Waals surface area contributed by atoms with Gasteiger partial charge in [-0.25, -0.2) is 0 Å². The molecule has 0 N–H and O–H groups in total. The number of allylic oxidation sites excluding steroid dienone is 1. The molecule has 12 heavy (non-hydrogen) atoms. The molecule has 0 aromatic rings. The molecule has 1 aliphatic carbocycles. The van der Waals surface area contributed by atoms with Crippen molar-refractivity contribution in [1.82, 2.24) is 0 Å². The molecule has 1 heteroatoms. The Bertz CT molecular complexity index is 254. The number of rotatable bonds is 1. The topological polar surface area (TPSA) is 12.5 Å². The van der Waals surface area contributed by atoms with Crippen LogP contribution in [0.4, 0.5) is 0 Å². The molecule has 1 nitrogen and oxygen atoms in total. The summed E-state index contributed by atoms with van der Waals surface area (Å²) in [5, 5.41) is 0. The van der Waals surface area contributed by atoms with Crippen LogP contribution in [0.25, 0.3) is 0 Å². The lowest BCUT2D eigenvalue weighted by molar-refractivity contribution is 0.337. The van der Waals surface area contributed by atoms with Gasteiger partial charge in [-0.15, -0.1) is 0 Å². The highest BCUT2D eigenvalue weighted by molar-refractivity contribution is 5.29. The summed E-state index contributed by atoms with van der Waals surface area (Å²) in [5.41, 5.74) is 2.56. The third kappa shape index (κ3) is 0.962. The monoisotopic (exact) mass is 164 g/mol. The zero-order chi connectivity index (χ0) is 8.93. The predicted molar refractivity (Wildman–Crippen MR) is 50.0 cm³/mol. The Labute approximate surface area is 74.1 Å². The highest BCUT2D eigenvalue weighted by Crippen LogP contribution is 2.52. The maximum Gasteiger partial charge on any atom is 0.113 e. The van der Waals surface area contributed by atoms with Gasteiger partial charge in [-0.2, -0.15) is 0 Å². The van der Waals surface area contributed by atoms with Gasteiger partial charge in [-0.1, -0.05) is 18.7 Å². The fourth-order valence-corrected chi connectivity index (χ4v) is 2.06. The molecule has 0 spiro atoms. The van der Waals surface area contributed by atoms with Gasteiger partial charge >= 0.3 is 0 Å². The average Bonchev–Trinajstić information content (AvgIpc) is 2.62. The molecule has 3 atom stereocenters. The summed E-state index contributed by atoms with van der Waals surface area (Å²) in [7, 11) is 0. The smallest absolute Gasteiger partial charge is 0.113 e. The van der Waals surface area contributed by atoms with Crippen molar-refractivity contribution in [1.29, 1.82) is 0 Å². The lowest BCUT2D eigenvalue weighted by Crippen LogP contribution is -2.23. The Balaban J connectivity index is 2.12. The molecule has 1 aliphatic heterocycles. The van der Waals surface area contributed by atoms with Crippen molar-refractivity contribution < 1.29 is 4.74 Å². The van der Waals surface area contributed by atoms with Crippen LogP contribution in [0, 0.1) is 5.92 Å². The van der Waals surface area contributed by atoms with E-state index in [1.807, 2.05) is 0 Å². The summed E-state index contributed by atoms with van der Waals surface area (Å²) in [5.74, 6) is 0.609. The predicted octanol–water partition coefficient (Wildman–Crippen LogP) is 2.69. The summed E-state index contributed by atoms with van der Waals surface area (Å²) >= 11 is 0. The van der Waals surface area contributed by atoms with Crippen LogP contribution in [-0.4, -0.2) is 11.7 Å². The molecule has 2 fully saturated rings. The standard InChI is InChI=1S/C11H16O/c1-7(2)9-5-8(3)11(4)10(6-9)12-11/h9-10H,1,3,5-6H2,2,4H3/t9-,10?,11+/m0/s1. The van der Waals surface area contributed by atoms with Gasteiger partial charge in [0.05, 0.1) is 6.10 Å². The van der Waals surface area contributed by atoms with Gasteiger partial charge in [0.1, 0.15) is 5.60 Å². The number of hydrogen-bond acceptors (Lipinski definition) is 1. The molecule has 0 aromatic heterocycles. The molecule has 0 radical (unpaired) electrons. The van der Waals surface area contributed by atoms with Crippen molar-refractivity contribution >= 4 is 0 Å². The zero-order valence-corrected chi connectivity index (χ0v) is 7.89. The second-order valence-corrected chi connectivity index (χ2v) is 4.30. The minimum absolute atomic E-state index is 0.0337. The molecule has 2 rings (SSSR count). The van der Waals surface area contributed by atoms with Gasteiger partial charge in [0.25, 0.3) is 0 Å². The fraction of sp³-hybridized carbons (Fsp3) is 0.636. The maximum absolute atomic E-state index is 5.62. The molecule has 0 aromatic carbocycles. The van der Waals surface area contributed by atoms with E-state index in [0.29, 0.717) is 12.0 Å². The lowest BCUT2D eigenvalue weighted by atomic mass is 9.77.